The van der Waals surface area contributed by atoms with Crippen LogP contribution in [0.5, 0.6) is 0 Å². The van der Waals surface area contributed by atoms with Crippen LogP contribution in [0.15, 0.2) is 33.5 Å². The molecule has 0 aliphatic rings. The molecule has 0 amide bonds. The van der Waals surface area contributed by atoms with Crippen LogP contribution >= 0.6 is 0 Å². The second-order valence-corrected chi connectivity index (χ2v) is 5.57. The van der Waals surface area contributed by atoms with Crippen molar-refractivity contribution in [1.82, 2.24) is 4.57 Å². The average Bonchev–Trinajstić information content (AvgIpc) is 2.80. The van der Waals surface area contributed by atoms with Crippen molar-refractivity contribution in [2.24, 2.45) is 0 Å². The number of benzene rings is 1. The van der Waals surface area contributed by atoms with Gasteiger partial charge in [-0.15, -0.1) is 0 Å². The molecule has 0 saturated carbocycles. The maximum Gasteiger partial charge on any atom is 0.420 e. The van der Waals surface area contributed by atoms with E-state index in [2.05, 4.69) is 6.92 Å². The summed E-state index contributed by atoms with van der Waals surface area (Å²) in [7, 11) is 0. The standard InChI is InChI=1S/C17H23NO4/c1-3-4-5-6-9-13(2)21-16(19)12-18-14-10-7-8-11-15(14)22-17(18)20/h7-8,10-11,13H,3-6,9,12H2,1-2H3. The molecule has 0 bridgehead atoms. The van der Waals surface area contributed by atoms with Gasteiger partial charge in [0.05, 0.1) is 11.6 Å². The fourth-order valence-corrected chi connectivity index (χ4v) is 2.47. The summed E-state index contributed by atoms with van der Waals surface area (Å²) in [5.41, 5.74) is 1.09. The number of nitrogens with zero attached hydrogens (tertiary/aromatic N) is 1. The van der Waals surface area contributed by atoms with Crippen molar-refractivity contribution in [2.45, 2.75) is 58.6 Å². The minimum Gasteiger partial charge on any atom is -0.461 e. The summed E-state index contributed by atoms with van der Waals surface area (Å²) in [6.45, 7) is 3.94. The molecule has 1 aromatic heterocycles. The van der Waals surface area contributed by atoms with Gasteiger partial charge in [0.25, 0.3) is 0 Å². The predicted molar refractivity (Wildman–Crippen MR) is 84.8 cm³/mol. The SMILES string of the molecule is CCCCCCC(C)OC(=O)Cn1c(=O)oc2ccccc21. The van der Waals surface area contributed by atoms with Crippen LogP contribution in [0.3, 0.4) is 0 Å². The van der Waals surface area contributed by atoms with Crippen LogP contribution in [0.1, 0.15) is 46.0 Å². The number of para-hydroxylation sites is 2. The quantitative estimate of drug-likeness (QED) is 0.553. The van der Waals surface area contributed by atoms with Crippen LogP contribution in [0.25, 0.3) is 11.1 Å². The zero-order valence-electron chi connectivity index (χ0n) is 13.2. The first-order chi connectivity index (χ1) is 10.6. The number of rotatable bonds is 8. The van der Waals surface area contributed by atoms with Gasteiger partial charge in [-0.1, -0.05) is 38.3 Å². The van der Waals surface area contributed by atoms with Gasteiger partial charge in [0.2, 0.25) is 0 Å². The molecule has 1 aromatic carbocycles. The van der Waals surface area contributed by atoms with Crippen LogP contribution in [0.4, 0.5) is 0 Å². The predicted octanol–water partition coefficient (Wildman–Crippen LogP) is 3.50. The van der Waals surface area contributed by atoms with Crippen molar-refractivity contribution >= 4 is 17.1 Å². The molecule has 2 aromatic rings. The van der Waals surface area contributed by atoms with E-state index in [4.69, 9.17) is 9.15 Å². The van der Waals surface area contributed by atoms with E-state index in [9.17, 15) is 9.59 Å². The lowest BCUT2D eigenvalue weighted by molar-refractivity contribution is -0.149. The van der Waals surface area contributed by atoms with Crippen molar-refractivity contribution in [2.75, 3.05) is 0 Å². The van der Waals surface area contributed by atoms with Gasteiger partial charge in [-0.05, 0) is 31.9 Å². The Morgan fingerprint density at radius 3 is 2.82 bits per heavy atom. The van der Waals surface area contributed by atoms with Gasteiger partial charge in [-0.25, -0.2) is 4.79 Å². The van der Waals surface area contributed by atoms with E-state index in [0.29, 0.717) is 11.1 Å². The molecule has 0 N–H and O–H groups in total. The Labute approximate surface area is 129 Å². The first-order valence-corrected chi connectivity index (χ1v) is 7.89. The summed E-state index contributed by atoms with van der Waals surface area (Å²) in [5, 5.41) is 0. The number of hydrogen-bond donors (Lipinski definition) is 0. The molecule has 1 atom stereocenters. The molecule has 2 rings (SSSR count). The number of hydrogen-bond acceptors (Lipinski definition) is 4. The lowest BCUT2D eigenvalue weighted by Gasteiger charge is -2.13. The first kappa shape index (κ1) is 16.3. The second kappa shape index (κ2) is 7.82. The van der Waals surface area contributed by atoms with Gasteiger partial charge in [0.1, 0.15) is 6.54 Å². The van der Waals surface area contributed by atoms with Gasteiger partial charge in [-0.3, -0.25) is 9.36 Å². The largest absolute Gasteiger partial charge is 0.461 e. The number of oxazole rings is 1. The topological polar surface area (TPSA) is 61.4 Å². The van der Waals surface area contributed by atoms with Crippen molar-refractivity contribution in [1.29, 1.82) is 0 Å². The molecule has 1 unspecified atom stereocenters. The summed E-state index contributed by atoms with van der Waals surface area (Å²) in [6, 6.07) is 7.04. The normalized spacial score (nSPS) is 12.5. The lowest BCUT2D eigenvalue weighted by atomic mass is 10.1. The molecule has 0 aliphatic heterocycles. The smallest absolute Gasteiger partial charge is 0.420 e. The van der Waals surface area contributed by atoms with Crippen LogP contribution in [-0.2, 0) is 16.1 Å². The number of fused-ring (bicyclic) bond motifs is 1. The van der Waals surface area contributed by atoms with Gasteiger partial charge >= 0.3 is 11.7 Å². The Hall–Kier alpha value is -2.04. The van der Waals surface area contributed by atoms with E-state index in [-0.39, 0.29) is 12.6 Å². The molecule has 22 heavy (non-hydrogen) atoms. The summed E-state index contributed by atoms with van der Waals surface area (Å²) < 4.78 is 11.8. The molecule has 0 saturated heterocycles. The Balaban J connectivity index is 1.91. The average molecular weight is 305 g/mol. The zero-order chi connectivity index (χ0) is 15.9. The van der Waals surface area contributed by atoms with Crippen LogP contribution in [-0.4, -0.2) is 16.6 Å². The number of carbonyl (C=O) groups is 1. The highest BCUT2D eigenvalue weighted by Gasteiger charge is 2.15. The Morgan fingerprint density at radius 1 is 1.27 bits per heavy atom. The van der Waals surface area contributed by atoms with Crippen LogP contribution in [0, 0.1) is 0 Å². The summed E-state index contributed by atoms with van der Waals surface area (Å²) in [6.07, 6.45) is 5.33. The molecule has 0 radical (unpaired) electrons. The number of aromatic nitrogens is 1. The van der Waals surface area contributed by atoms with E-state index < -0.39 is 11.7 Å². The van der Waals surface area contributed by atoms with Gasteiger partial charge in [-0.2, -0.15) is 0 Å². The third-order valence-corrected chi connectivity index (χ3v) is 3.66. The first-order valence-electron chi connectivity index (χ1n) is 7.89. The maximum atomic E-state index is 12.0. The zero-order valence-corrected chi connectivity index (χ0v) is 13.2. The van der Waals surface area contributed by atoms with Gasteiger partial charge in [0.15, 0.2) is 5.58 Å². The van der Waals surface area contributed by atoms with E-state index in [1.165, 1.54) is 17.4 Å². The Bertz CT molecular complexity index is 671. The van der Waals surface area contributed by atoms with Gasteiger partial charge in [0, 0.05) is 0 Å². The molecule has 0 aliphatic carbocycles. The van der Waals surface area contributed by atoms with Crippen molar-refractivity contribution in [3.8, 4) is 0 Å². The van der Waals surface area contributed by atoms with E-state index in [1.54, 1.807) is 24.3 Å². The molecule has 0 fully saturated rings. The monoisotopic (exact) mass is 305 g/mol. The highest BCUT2D eigenvalue weighted by Crippen LogP contribution is 2.12. The van der Waals surface area contributed by atoms with Gasteiger partial charge < -0.3 is 9.15 Å². The highest BCUT2D eigenvalue weighted by molar-refractivity contribution is 5.76. The third-order valence-electron chi connectivity index (χ3n) is 3.66. The molecule has 120 valence electrons. The molecular weight excluding hydrogens is 282 g/mol. The molecule has 1 heterocycles. The van der Waals surface area contributed by atoms with Crippen LogP contribution < -0.4 is 5.76 Å². The highest BCUT2D eigenvalue weighted by atomic mass is 16.5. The molecule has 5 heteroatoms. The maximum absolute atomic E-state index is 12.0. The molecule has 5 nitrogen and oxygen atoms in total. The lowest BCUT2D eigenvalue weighted by Crippen LogP contribution is -2.24. The van der Waals surface area contributed by atoms with E-state index >= 15 is 0 Å². The fourth-order valence-electron chi connectivity index (χ4n) is 2.47. The second-order valence-electron chi connectivity index (χ2n) is 5.57. The summed E-state index contributed by atoms with van der Waals surface area (Å²) >= 11 is 0. The van der Waals surface area contributed by atoms with Crippen LogP contribution in [0.2, 0.25) is 0 Å². The van der Waals surface area contributed by atoms with Crippen molar-refractivity contribution in [3.63, 3.8) is 0 Å². The van der Waals surface area contributed by atoms with E-state index in [1.807, 2.05) is 6.92 Å². The third kappa shape index (κ3) is 4.23. The number of carbonyl (C=O) groups excluding carboxylic acids is 1. The molecular formula is C17H23NO4. The Kier molecular flexibility index (Phi) is 5.81. The van der Waals surface area contributed by atoms with E-state index in [0.717, 1.165) is 19.3 Å². The number of unbranched alkanes of at least 4 members (excludes halogenated alkanes) is 3. The van der Waals surface area contributed by atoms with Crippen molar-refractivity contribution in [3.05, 3.63) is 34.8 Å². The summed E-state index contributed by atoms with van der Waals surface area (Å²) in [4.78, 5) is 23.8. The number of esters is 1. The molecule has 0 spiro atoms. The minimum absolute atomic E-state index is 0.116. The summed E-state index contributed by atoms with van der Waals surface area (Å²) in [5.74, 6) is -0.939. The minimum atomic E-state index is -0.534. The Morgan fingerprint density at radius 2 is 2.05 bits per heavy atom. The van der Waals surface area contributed by atoms with Crippen molar-refractivity contribution < 1.29 is 13.9 Å². The fraction of sp³-hybridized carbons (Fsp3) is 0.529. The number of ether oxygens (including phenoxy) is 1.